The third-order valence-electron chi connectivity index (χ3n) is 5.87. The maximum atomic E-state index is 14.6. The molecule has 4 rings (SSSR count). The summed E-state index contributed by atoms with van der Waals surface area (Å²) < 4.78 is 19.9. The molecule has 0 bridgehead atoms. The van der Waals surface area contributed by atoms with Crippen molar-refractivity contribution < 1.29 is 13.9 Å². The second-order valence-corrected chi connectivity index (χ2v) is 7.62. The molecule has 2 heterocycles. The van der Waals surface area contributed by atoms with Crippen molar-refractivity contribution in [3.8, 4) is 0 Å². The van der Waals surface area contributed by atoms with Gasteiger partial charge in [-0.05, 0) is 30.5 Å². The van der Waals surface area contributed by atoms with E-state index in [2.05, 4.69) is 9.80 Å². The van der Waals surface area contributed by atoms with E-state index in [1.807, 2.05) is 17.0 Å². The third-order valence-corrected chi connectivity index (χ3v) is 5.87. The number of halogens is 1. The van der Waals surface area contributed by atoms with Gasteiger partial charge in [-0.25, -0.2) is 4.39 Å². The monoisotopic (exact) mass is 361 g/mol. The van der Waals surface area contributed by atoms with Gasteiger partial charge in [-0.1, -0.05) is 18.9 Å². The number of hydrogen-bond acceptors (Lipinski definition) is 4. The highest BCUT2D eigenvalue weighted by Gasteiger charge is 2.31. The molecule has 142 valence electrons. The largest absolute Gasteiger partial charge is 0.378 e. The second kappa shape index (κ2) is 7.92. The fourth-order valence-electron chi connectivity index (χ4n) is 4.44. The van der Waals surface area contributed by atoms with Crippen molar-refractivity contribution in [2.45, 2.75) is 38.3 Å². The zero-order chi connectivity index (χ0) is 17.9. The molecule has 1 aliphatic carbocycles. The van der Waals surface area contributed by atoms with Crippen molar-refractivity contribution in [3.63, 3.8) is 0 Å². The Morgan fingerprint density at radius 3 is 2.54 bits per heavy atom. The van der Waals surface area contributed by atoms with Gasteiger partial charge in [-0.15, -0.1) is 0 Å². The van der Waals surface area contributed by atoms with E-state index in [4.69, 9.17) is 4.74 Å². The van der Waals surface area contributed by atoms with Crippen LogP contribution in [0, 0.1) is 5.82 Å². The third kappa shape index (κ3) is 3.86. The van der Waals surface area contributed by atoms with Crippen LogP contribution in [0.25, 0.3) is 0 Å². The van der Waals surface area contributed by atoms with Gasteiger partial charge in [0.15, 0.2) is 0 Å². The fraction of sp³-hybridized carbons (Fsp3) is 0.650. The van der Waals surface area contributed by atoms with Crippen LogP contribution in [0.15, 0.2) is 18.2 Å². The smallest absolute Gasteiger partial charge is 0.237 e. The van der Waals surface area contributed by atoms with E-state index in [1.54, 1.807) is 6.07 Å². The SMILES string of the molecule is O=C1CN(Cc2ccc(N3CCOCC3)c(F)c2)CCN1C1CCCC1. The lowest BCUT2D eigenvalue weighted by molar-refractivity contribution is -0.138. The number of anilines is 1. The molecule has 6 heteroatoms. The number of piperazine rings is 1. The van der Waals surface area contributed by atoms with Crippen molar-refractivity contribution in [2.24, 2.45) is 0 Å². The van der Waals surface area contributed by atoms with Gasteiger partial charge in [0, 0.05) is 38.8 Å². The Bertz CT molecular complexity index is 642. The summed E-state index contributed by atoms with van der Waals surface area (Å²) in [6.45, 7) is 5.51. The normalized spacial score (nSPS) is 23.0. The molecular formula is C20H28FN3O2. The van der Waals surface area contributed by atoms with Gasteiger partial charge >= 0.3 is 0 Å². The van der Waals surface area contributed by atoms with Crippen molar-refractivity contribution in [1.82, 2.24) is 9.80 Å². The van der Waals surface area contributed by atoms with Crippen LogP contribution in [0.5, 0.6) is 0 Å². The van der Waals surface area contributed by atoms with E-state index < -0.39 is 0 Å². The molecule has 0 radical (unpaired) electrons. The van der Waals surface area contributed by atoms with Gasteiger partial charge in [0.2, 0.25) is 5.91 Å². The Kier molecular flexibility index (Phi) is 5.41. The molecule has 3 fully saturated rings. The topological polar surface area (TPSA) is 36.0 Å². The second-order valence-electron chi connectivity index (χ2n) is 7.62. The Labute approximate surface area is 154 Å². The number of hydrogen-bond donors (Lipinski definition) is 0. The molecule has 1 aromatic carbocycles. The van der Waals surface area contributed by atoms with Crippen LogP contribution in [0.2, 0.25) is 0 Å². The average molecular weight is 361 g/mol. The van der Waals surface area contributed by atoms with E-state index in [9.17, 15) is 9.18 Å². The molecule has 2 saturated heterocycles. The molecule has 5 nitrogen and oxygen atoms in total. The molecule has 1 aromatic rings. The van der Waals surface area contributed by atoms with E-state index >= 15 is 0 Å². The summed E-state index contributed by atoms with van der Waals surface area (Å²) in [4.78, 5) is 18.7. The summed E-state index contributed by atoms with van der Waals surface area (Å²) >= 11 is 0. The van der Waals surface area contributed by atoms with Gasteiger partial charge in [-0.2, -0.15) is 0 Å². The number of nitrogens with zero attached hydrogens (tertiary/aromatic N) is 3. The standard InChI is InChI=1S/C20H28FN3O2/c21-18-13-16(5-6-19(18)23-9-11-26-12-10-23)14-22-7-8-24(20(25)15-22)17-3-1-2-4-17/h5-6,13,17H,1-4,7-12,14-15H2. The first-order chi connectivity index (χ1) is 12.7. The zero-order valence-corrected chi connectivity index (χ0v) is 15.3. The zero-order valence-electron chi connectivity index (χ0n) is 15.3. The van der Waals surface area contributed by atoms with Crippen molar-refractivity contribution in [3.05, 3.63) is 29.6 Å². The van der Waals surface area contributed by atoms with Gasteiger partial charge in [-0.3, -0.25) is 9.69 Å². The van der Waals surface area contributed by atoms with E-state index in [0.717, 1.165) is 44.6 Å². The maximum absolute atomic E-state index is 14.6. The lowest BCUT2D eigenvalue weighted by Crippen LogP contribution is -2.53. The van der Waals surface area contributed by atoms with Gasteiger partial charge < -0.3 is 14.5 Å². The van der Waals surface area contributed by atoms with Crippen molar-refractivity contribution >= 4 is 11.6 Å². The van der Waals surface area contributed by atoms with Crippen LogP contribution in [0.3, 0.4) is 0 Å². The Morgan fingerprint density at radius 1 is 1.08 bits per heavy atom. The molecule has 1 amide bonds. The van der Waals surface area contributed by atoms with Crippen LogP contribution >= 0.6 is 0 Å². The number of rotatable bonds is 4. The minimum atomic E-state index is -0.180. The van der Waals surface area contributed by atoms with Crippen LogP contribution in [-0.2, 0) is 16.1 Å². The Hall–Kier alpha value is -1.66. The summed E-state index contributed by atoms with van der Waals surface area (Å²) in [6, 6.07) is 5.93. The van der Waals surface area contributed by atoms with E-state index in [-0.39, 0.29) is 11.7 Å². The highest BCUT2D eigenvalue weighted by molar-refractivity contribution is 5.79. The molecule has 26 heavy (non-hydrogen) atoms. The molecule has 2 aliphatic heterocycles. The summed E-state index contributed by atoms with van der Waals surface area (Å²) in [7, 11) is 0. The average Bonchev–Trinajstić information content (AvgIpc) is 3.17. The predicted octanol–water partition coefficient (Wildman–Crippen LogP) is 2.25. The summed E-state index contributed by atoms with van der Waals surface area (Å²) in [5, 5.41) is 0. The number of carbonyl (C=O) groups excluding carboxylic acids is 1. The maximum Gasteiger partial charge on any atom is 0.237 e. The van der Waals surface area contributed by atoms with Crippen LogP contribution in [0.4, 0.5) is 10.1 Å². The molecule has 0 spiro atoms. The number of ether oxygens (including phenoxy) is 1. The molecule has 0 atom stereocenters. The first-order valence-corrected chi connectivity index (χ1v) is 9.83. The van der Waals surface area contributed by atoms with Crippen molar-refractivity contribution in [1.29, 1.82) is 0 Å². The van der Waals surface area contributed by atoms with Crippen LogP contribution in [0.1, 0.15) is 31.2 Å². The quantitative estimate of drug-likeness (QED) is 0.824. The van der Waals surface area contributed by atoms with Crippen LogP contribution < -0.4 is 4.90 Å². The number of amides is 1. The molecule has 1 saturated carbocycles. The minimum absolute atomic E-state index is 0.180. The molecular weight excluding hydrogens is 333 g/mol. The number of carbonyl (C=O) groups is 1. The highest BCUT2D eigenvalue weighted by atomic mass is 19.1. The van der Waals surface area contributed by atoms with Crippen molar-refractivity contribution in [2.75, 3.05) is 50.8 Å². The van der Waals surface area contributed by atoms with E-state index in [0.29, 0.717) is 38.0 Å². The Balaban J connectivity index is 1.35. The molecule has 0 aromatic heterocycles. The van der Waals surface area contributed by atoms with Gasteiger partial charge in [0.25, 0.3) is 0 Å². The molecule has 0 unspecified atom stereocenters. The van der Waals surface area contributed by atoms with Crippen LogP contribution in [-0.4, -0.2) is 67.7 Å². The summed E-state index contributed by atoms with van der Waals surface area (Å²) in [5.74, 6) is 0.0499. The van der Waals surface area contributed by atoms with Gasteiger partial charge in [0.05, 0.1) is 25.4 Å². The fourth-order valence-corrected chi connectivity index (χ4v) is 4.44. The Morgan fingerprint density at radius 2 is 1.85 bits per heavy atom. The summed E-state index contributed by atoms with van der Waals surface area (Å²) in [5.41, 5.74) is 1.58. The highest BCUT2D eigenvalue weighted by Crippen LogP contribution is 2.26. The van der Waals surface area contributed by atoms with E-state index in [1.165, 1.54) is 12.8 Å². The van der Waals surface area contributed by atoms with Gasteiger partial charge in [0.1, 0.15) is 5.82 Å². The number of morpholine rings is 1. The lowest BCUT2D eigenvalue weighted by Gasteiger charge is -2.38. The first kappa shape index (κ1) is 17.7. The molecule has 0 N–H and O–H groups in total. The first-order valence-electron chi connectivity index (χ1n) is 9.83. The lowest BCUT2D eigenvalue weighted by atomic mass is 10.1. The predicted molar refractivity (Wildman–Crippen MR) is 98.7 cm³/mol. The summed E-state index contributed by atoms with van der Waals surface area (Å²) in [6.07, 6.45) is 4.79. The molecule has 3 aliphatic rings. The minimum Gasteiger partial charge on any atom is -0.378 e. The number of benzene rings is 1.